The van der Waals surface area contributed by atoms with E-state index in [1.807, 2.05) is 26.0 Å². The largest absolute Gasteiger partial charge is 0.370 e. The third kappa shape index (κ3) is 2.70. The molecule has 0 aliphatic rings. The highest BCUT2D eigenvalue weighted by molar-refractivity contribution is 5.39. The van der Waals surface area contributed by atoms with Crippen LogP contribution in [0.5, 0.6) is 0 Å². The lowest BCUT2D eigenvalue weighted by Gasteiger charge is -2.11. The van der Waals surface area contributed by atoms with Gasteiger partial charge in [0.25, 0.3) is 0 Å². The molecule has 1 atom stereocenters. The van der Waals surface area contributed by atoms with Crippen LogP contribution in [0.25, 0.3) is 0 Å². The molecule has 0 aromatic carbocycles. The number of aromatic nitrogens is 1. The van der Waals surface area contributed by atoms with E-state index in [-0.39, 0.29) is 6.04 Å². The average molecular weight is 193 g/mol. The maximum Gasteiger partial charge on any atom is 0.126 e. The van der Waals surface area contributed by atoms with Crippen molar-refractivity contribution in [2.24, 2.45) is 5.73 Å². The van der Waals surface area contributed by atoms with Crippen LogP contribution in [0.1, 0.15) is 37.6 Å². The van der Waals surface area contributed by atoms with Gasteiger partial charge in [0.1, 0.15) is 5.82 Å². The van der Waals surface area contributed by atoms with Gasteiger partial charge in [0.15, 0.2) is 0 Å². The van der Waals surface area contributed by atoms with Gasteiger partial charge in [-0.3, -0.25) is 0 Å². The third-order valence-electron chi connectivity index (χ3n) is 2.17. The van der Waals surface area contributed by atoms with Gasteiger partial charge in [-0.25, -0.2) is 4.98 Å². The van der Waals surface area contributed by atoms with Crippen LogP contribution >= 0.6 is 0 Å². The summed E-state index contributed by atoms with van der Waals surface area (Å²) >= 11 is 0. The number of nitrogens with one attached hydrogen (secondary N) is 1. The van der Waals surface area contributed by atoms with Crippen molar-refractivity contribution in [1.82, 2.24) is 4.98 Å². The first-order valence-electron chi connectivity index (χ1n) is 5.12. The molecule has 0 bridgehead atoms. The van der Waals surface area contributed by atoms with E-state index >= 15 is 0 Å². The van der Waals surface area contributed by atoms with Crippen LogP contribution in [-0.4, -0.2) is 11.5 Å². The first-order valence-corrected chi connectivity index (χ1v) is 5.12. The Bertz CT molecular complexity index is 295. The van der Waals surface area contributed by atoms with Crippen LogP contribution in [0.2, 0.25) is 0 Å². The molecule has 3 N–H and O–H groups in total. The second-order valence-electron chi connectivity index (χ2n) is 3.59. The van der Waals surface area contributed by atoms with Crippen LogP contribution in [0.15, 0.2) is 12.1 Å². The minimum atomic E-state index is 0.0581. The van der Waals surface area contributed by atoms with Crippen molar-refractivity contribution < 1.29 is 0 Å². The van der Waals surface area contributed by atoms with E-state index in [4.69, 9.17) is 5.73 Å². The molecule has 14 heavy (non-hydrogen) atoms. The Morgan fingerprint density at radius 3 is 2.71 bits per heavy atom. The van der Waals surface area contributed by atoms with Crippen molar-refractivity contribution in [3.05, 3.63) is 23.4 Å². The molecule has 1 aromatic rings. The summed E-state index contributed by atoms with van der Waals surface area (Å²) in [5.74, 6) is 0.939. The summed E-state index contributed by atoms with van der Waals surface area (Å²) in [7, 11) is 0. The predicted octanol–water partition coefficient (Wildman–Crippen LogP) is 2.23. The van der Waals surface area contributed by atoms with Gasteiger partial charge in [-0.1, -0.05) is 13.0 Å². The van der Waals surface area contributed by atoms with Crippen LogP contribution in [0, 0.1) is 6.92 Å². The fourth-order valence-corrected chi connectivity index (χ4v) is 1.40. The molecule has 1 rings (SSSR count). The number of hydrogen-bond acceptors (Lipinski definition) is 3. The smallest absolute Gasteiger partial charge is 0.126 e. The number of nitrogens with zero attached hydrogens (tertiary/aromatic N) is 1. The summed E-state index contributed by atoms with van der Waals surface area (Å²) in [6, 6.07) is 4.09. The number of nitrogens with two attached hydrogens (primary N) is 1. The van der Waals surface area contributed by atoms with Crippen molar-refractivity contribution in [3.63, 3.8) is 0 Å². The molecule has 0 amide bonds. The molecule has 0 aliphatic heterocycles. The fourth-order valence-electron chi connectivity index (χ4n) is 1.40. The molecular weight excluding hydrogens is 174 g/mol. The van der Waals surface area contributed by atoms with E-state index in [1.54, 1.807) is 0 Å². The molecule has 0 aliphatic carbocycles. The van der Waals surface area contributed by atoms with E-state index < -0.39 is 0 Å². The maximum atomic E-state index is 5.80. The molecule has 0 saturated carbocycles. The molecule has 0 spiro atoms. The summed E-state index contributed by atoms with van der Waals surface area (Å²) < 4.78 is 0. The van der Waals surface area contributed by atoms with Gasteiger partial charge >= 0.3 is 0 Å². The molecule has 0 saturated heterocycles. The van der Waals surface area contributed by atoms with E-state index in [2.05, 4.69) is 17.2 Å². The van der Waals surface area contributed by atoms with E-state index in [0.717, 1.165) is 30.0 Å². The Labute approximate surface area is 85.7 Å². The summed E-state index contributed by atoms with van der Waals surface area (Å²) in [4.78, 5) is 4.44. The number of anilines is 1. The third-order valence-corrected chi connectivity index (χ3v) is 2.17. The lowest BCUT2D eigenvalue weighted by atomic mass is 10.1. The van der Waals surface area contributed by atoms with E-state index in [0.29, 0.717) is 0 Å². The Morgan fingerprint density at radius 1 is 1.50 bits per heavy atom. The van der Waals surface area contributed by atoms with Crippen molar-refractivity contribution in [1.29, 1.82) is 0 Å². The van der Waals surface area contributed by atoms with Gasteiger partial charge in [-0.05, 0) is 31.9 Å². The zero-order valence-corrected chi connectivity index (χ0v) is 9.17. The second kappa shape index (κ2) is 4.96. The quantitative estimate of drug-likeness (QED) is 0.771. The molecule has 78 valence electrons. The molecular formula is C11H19N3. The minimum Gasteiger partial charge on any atom is -0.370 e. The average Bonchev–Trinajstić information content (AvgIpc) is 2.14. The Hall–Kier alpha value is -1.09. The van der Waals surface area contributed by atoms with Crippen molar-refractivity contribution in [2.45, 2.75) is 33.2 Å². The van der Waals surface area contributed by atoms with Crippen molar-refractivity contribution >= 4 is 5.82 Å². The Morgan fingerprint density at radius 2 is 2.21 bits per heavy atom. The van der Waals surface area contributed by atoms with Crippen LogP contribution < -0.4 is 11.1 Å². The Kier molecular flexibility index (Phi) is 3.89. The van der Waals surface area contributed by atoms with E-state index in [9.17, 15) is 0 Å². The monoisotopic (exact) mass is 193 g/mol. The van der Waals surface area contributed by atoms with Crippen LogP contribution in [0.3, 0.4) is 0 Å². The highest BCUT2D eigenvalue weighted by atomic mass is 15.0. The second-order valence-corrected chi connectivity index (χ2v) is 3.59. The highest BCUT2D eigenvalue weighted by Gasteiger charge is 2.04. The molecule has 1 heterocycles. The van der Waals surface area contributed by atoms with Gasteiger partial charge in [-0.2, -0.15) is 0 Å². The SMILES string of the molecule is CCCNc1ccc([C@H](C)N)c(C)n1. The van der Waals surface area contributed by atoms with Gasteiger partial charge in [0, 0.05) is 18.3 Å². The predicted molar refractivity (Wildman–Crippen MR) is 60.4 cm³/mol. The molecule has 0 unspecified atom stereocenters. The summed E-state index contributed by atoms with van der Waals surface area (Å²) in [5, 5.41) is 3.25. The first kappa shape index (κ1) is 11.0. The number of aryl methyl sites for hydroxylation is 1. The van der Waals surface area contributed by atoms with Crippen molar-refractivity contribution in [3.8, 4) is 0 Å². The molecule has 3 nitrogen and oxygen atoms in total. The van der Waals surface area contributed by atoms with Crippen LogP contribution in [-0.2, 0) is 0 Å². The maximum absolute atomic E-state index is 5.80. The lowest BCUT2D eigenvalue weighted by molar-refractivity contribution is 0.799. The molecule has 3 heteroatoms. The molecule has 0 fully saturated rings. The summed E-state index contributed by atoms with van der Waals surface area (Å²) in [6.45, 7) is 7.07. The molecule has 0 radical (unpaired) electrons. The van der Waals surface area contributed by atoms with Gasteiger partial charge in [0.05, 0.1) is 0 Å². The van der Waals surface area contributed by atoms with Gasteiger partial charge in [0.2, 0.25) is 0 Å². The summed E-state index contributed by atoms with van der Waals surface area (Å²) in [5.41, 5.74) is 7.94. The summed E-state index contributed by atoms with van der Waals surface area (Å²) in [6.07, 6.45) is 1.11. The number of pyridine rings is 1. The zero-order valence-electron chi connectivity index (χ0n) is 9.17. The van der Waals surface area contributed by atoms with E-state index in [1.165, 1.54) is 0 Å². The fraction of sp³-hybridized carbons (Fsp3) is 0.545. The number of rotatable bonds is 4. The number of hydrogen-bond donors (Lipinski definition) is 2. The van der Waals surface area contributed by atoms with Crippen molar-refractivity contribution in [2.75, 3.05) is 11.9 Å². The first-order chi connectivity index (χ1) is 6.65. The van der Waals surface area contributed by atoms with Crippen LogP contribution in [0.4, 0.5) is 5.82 Å². The zero-order chi connectivity index (χ0) is 10.6. The lowest BCUT2D eigenvalue weighted by Crippen LogP contribution is -2.09. The molecule has 1 aromatic heterocycles. The van der Waals surface area contributed by atoms with Gasteiger partial charge < -0.3 is 11.1 Å². The Balaban J connectivity index is 2.78. The topological polar surface area (TPSA) is 50.9 Å². The highest BCUT2D eigenvalue weighted by Crippen LogP contribution is 2.15. The van der Waals surface area contributed by atoms with Gasteiger partial charge in [-0.15, -0.1) is 0 Å². The minimum absolute atomic E-state index is 0.0581. The normalized spacial score (nSPS) is 12.6. The standard InChI is InChI=1S/C11H19N3/c1-4-7-13-11-6-5-10(8(2)12)9(3)14-11/h5-6,8H,4,7,12H2,1-3H3,(H,13,14)/t8-/m0/s1.